The Balaban J connectivity index is 2.09. The Bertz CT molecular complexity index is 450. The van der Waals surface area contributed by atoms with E-state index in [0.717, 1.165) is 17.7 Å². The molecule has 1 aromatic carbocycles. The molecule has 3 unspecified atom stereocenters. The van der Waals surface area contributed by atoms with Gasteiger partial charge in [0, 0.05) is 17.5 Å². The van der Waals surface area contributed by atoms with Crippen molar-refractivity contribution >= 4 is 17.5 Å². The molecule has 0 bridgehead atoms. The van der Waals surface area contributed by atoms with E-state index in [0.29, 0.717) is 12.5 Å². The number of para-hydroxylation sites is 1. The van der Waals surface area contributed by atoms with Gasteiger partial charge in [0.15, 0.2) is 0 Å². The highest BCUT2D eigenvalue weighted by molar-refractivity contribution is 6.18. The lowest BCUT2D eigenvalue weighted by atomic mass is 9.91. The number of nitrogens with one attached hydrogen (secondary N) is 1. The largest absolute Gasteiger partial charge is 0.493 e. The van der Waals surface area contributed by atoms with Crippen molar-refractivity contribution in [1.29, 1.82) is 0 Å². The summed E-state index contributed by atoms with van der Waals surface area (Å²) in [5.74, 6) is 1.59. The van der Waals surface area contributed by atoms with Crippen molar-refractivity contribution < 1.29 is 9.53 Å². The molecule has 104 valence electrons. The van der Waals surface area contributed by atoms with E-state index < -0.39 is 0 Å². The van der Waals surface area contributed by atoms with Crippen LogP contribution in [-0.4, -0.2) is 24.4 Å². The van der Waals surface area contributed by atoms with Crippen LogP contribution in [0.15, 0.2) is 24.3 Å². The van der Waals surface area contributed by atoms with Gasteiger partial charge in [0.25, 0.3) is 0 Å². The van der Waals surface area contributed by atoms with Gasteiger partial charge in [-0.3, -0.25) is 4.79 Å². The Labute approximate surface area is 119 Å². The van der Waals surface area contributed by atoms with Crippen molar-refractivity contribution in [3.63, 3.8) is 0 Å². The maximum absolute atomic E-state index is 12.4. The number of ether oxygens (including phenoxy) is 1. The van der Waals surface area contributed by atoms with Crippen LogP contribution in [0.25, 0.3) is 0 Å². The smallest absolute Gasteiger partial charge is 0.228 e. The SMILES string of the molecule is CC(CCl)C(C)NC(=O)C1CCOc2ccccc21. The number of carbonyl (C=O) groups excluding carboxylic acids is 1. The van der Waals surface area contributed by atoms with Crippen LogP contribution >= 0.6 is 11.6 Å². The number of halogens is 1. The lowest BCUT2D eigenvalue weighted by molar-refractivity contribution is -0.124. The third-order valence-electron chi connectivity index (χ3n) is 3.74. The fourth-order valence-corrected chi connectivity index (χ4v) is 2.48. The molecule has 0 aliphatic carbocycles. The van der Waals surface area contributed by atoms with E-state index >= 15 is 0 Å². The van der Waals surface area contributed by atoms with Crippen LogP contribution in [0.3, 0.4) is 0 Å². The van der Waals surface area contributed by atoms with E-state index in [2.05, 4.69) is 5.32 Å². The van der Waals surface area contributed by atoms with Gasteiger partial charge in [0.1, 0.15) is 5.75 Å². The average molecular weight is 282 g/mol. The van der Waals surface area contributed by atoms with Crippen LogP contribution in [0.1, 0.15) is 31.7 Å². The zero-order valence-corrected chi connectivity index (χ0v) is 12.1. The number of rotatable bonds is 4. The van der Waals surface area contributed by atoms with E-state index in [1.54, 1.807) is 0 Å². The number of hydrogen-bond donors (Lipinski definition) is 1. The summed E-state index contributed by atoms with van der Waals surface area (Å²) in [5, 5.41) is 3.06. The van der Waals surface area contributed by atoms with Crippen LogP contribution in [0.5, 0.6) is 5.75 Å². The van der Waals surface area contributed by atoms with Crippen LogP contribution in [0, 0.1) is 5.92 Å². The minimum atomic E-state index is -0.116. The van der Waals surface area contributed by atoms with Crippen molar-refractivity contribution in [2.24, 2.45) is 5.92 Å². The fraction of sp³-hybridized carbons (Fsp3) is 0.533. The molecule has 1 heterocycles. The molecule has 0 spiro atoms. The summed E-state index contributed by atoms with van der Waals surface area (Å²) in [5.41, 5.74) is 0.983. The van der Waals surface area contributed by atoms with Crippen molar-refractivity contribution in [2.45, 2.75) is 32.2 Å². The normalized spacial score (nSPS) is 20.9. The number of alkyl halides is 1. The molecule has 3 atom stereocenters. The van der Waals surface area contributed by atoms with E-state index in [-0.39, 0.29) is 23.8 Å². The molecule has 1 aliphatic heterocycles. The first-order valence-electron chi connectivity index (χ1n) is 6.71. The second kappa shape index (κ2) is 6.29. The second-order valence-electron chi connectivity index (χ2n) is 5.16. The minimum Gasteiger partial charge on any atom is -0.493 e. The number of benzene rings is 1. The number of fused-ring (bicyclic) bond motifs is 1. The van der Waals surface area contributed by atoms with Crippen molar-refractivity contribution in [1.82, 2.24) is 5.32 Å². The summed E-state index contributed by atoms with van der Waals surface area (Å²) in [6.07, 6.45) is 0.727. The van der Waals surface area contributed by atoms with Crippen LogP contribution in [0.4, 0.5) is 0 Å². The van der Waals surface area contributed by atoms with Gasteiger partial charge in [0.2, 0.25) is 5.91 Å². The first-order chi connectivity index (χ1) is 9.13. The van der Waals surface area contributed by atoms with Crippen LogP contribution in [0.2, 0.25) is 0 Å². The molecule has 1 N–H and O–H groups in total. The number of hydrogen-bond acceptors (Lipinski definition) is 2. The lowest BCUT2D eigenvalue weighted by Crippen LogP contribution is -2.41. The van der Waals surface area contributed by atoms with Crippen molar-refractivity contribution in [3.8, 4) is 5.75 Å². The number of carbonyl (C=O) groups is 1. The molecular formula is C15H20ClNO2. The van der Waals surface area contributed by atoms with Crippen LogP contribution < -0.4 is 10.1 Å². The summed E-state index contributed by atoms with van der Waals surface area (Å²) >= 11 is 5.83. The maximum Gasteiger partial charge on any atom is 0.228 e. The monoisotopic (exact) mass is 281 g/mol. The van der Waals surface area contributed by atoms with Gasteiger partial charge in [0.05, 0.1) is 12.5 Å². The molecule has 2 rings (SSSR count). The highest BCUT2D eigenvalue weighted by Gasteiger charge is 2.28. The molecule has 1 aliphatic rings. The van der Waals surface area contributed by atoms with E-state index in [1.807, 2.05) is 38.1 Å². The van der Waals surface area contributed by atoms with Gasteiger partial charge in [-0.2, -0.15) is 0 Å². The minimum absolute atomic E-state index is 0.0696. The Morgan fingerprint density at radius 2 is 2.21 bits per heavy atom. The van der Waals surface area contributed by atoms with Gasteiger partial charge in [-0.05, 0) is 25.3 Å². The molecule has 0 saturated carbocycles. The van der Waals surface area contributed by atoms with Gasteiger partial charge >= 0.3 is 0 Å². The molecule has 19 heavy (non-hydrogen) atoms. The second-order valence-corrected chi connectivity index (χ2v) is 5.47. The van der Waals surface area contributed by atoms with Gasteiger partial charge in [-0.1, -0.05) is 25.1 Å². The van der Waals surface area contributed by atoms with Gasteiger partial charge in [-0.15, -0.1) is 11.6 Å². The van der Waals surface area contributed by atoms with Gasteiger partial charge < -0.3 is 10.1 Å². The first kappa shape index (κ1) is 14.2. The molecular weight excluding hydrogens is 262 g/mol. The standard InChI is InChI=1S/C15H20ClNO2/c1-10(9-16)11(2)17-15(18)13-7-8-19-14-6-4-3-5-12(13)14/h3-6,10-11,13H,7-9H2,1-2H3,(H,17,18). The Kier molecular flexibility index (Phi) is 4.70. The summed E-state index contributed by atoms with van der Waals surface area (Å²) in [7, 11) is 0. The van der Waals surface area contributed by atoms with Gasteiger partial charge in [-0.25, -0.2) is 0 Å². The van der Waals surface area contributed by atoms with Crippen molar-refractivity contribution in [3.05, 3.63) is 29.8 Å². The molecule has 1 aromatic rings. The summed E-state index contributed by atoms with van der Waals surface area (Å²) in [6, 6.07) is 7.84. The first-order valence-corrected chi connectivity index (χ1v) is 7.25. The van der Waals surface area contributed by atoms with E-state index in [4.69, 9.17) is 16.3 Å². The topological polar surface area (TPSA) is 38.3 Å². The third kappa shape index (κ3) is 3.21. The summed E-state index contributed by atoms with van der Waals surface area (Å²) in [4.78, 5) is 12.4. The molecule has 0 radical (unpaired) electrons. The maximum atomic E-state index is 12.4. The molecule has 0 saturated heterocycles. The molecule has 4 heteroatoms. The predicted octanol–water partition coefficient (Wildman–Crippen LogP) is 2.93. The zero-order chi connectivity index (χ0) is 13.8. The Morgan fingerprint density at radius 1 is 1.47 bits per heavy atom. The number of amides is 1. The fourth-order valence-electron chi connectivity index (χ4n) is 2.22. The van der Waals surface area contributed by atoms with E-state index in [9.17, 15) is 4.79 Å². The molecule has 0 aromatic heterocycles. The highest BCUT2D eigenvalue weighted by Crippen LogP contribution is 2.33. The van der Waals surface area contributed by atoms with E-state index in [1.165, 1.54) is 0 Å². The summed E-state index contributed by atoms with van der Waals surface area (Å²) in [6.45, 7) is 4.63. The third-order valence-corrected chi connectivity index (χ3v) is 4.23. The molecule has 1 amide bonds. The lowest BCUT2D eigenvalue weighted by Gasteiger charge is -2.27. The predicted molar refractivity (Wildman–Crippen MR) is 76.8 cm³/mol. The summed E-state index contributed by atoms with van der Waals surface area (Å²) < 4.78 is 5.58. The quantitative estimate of drug-likeness (QED) is 0.862. The molecule has 0 fully saturated rings. The highest BCUT2D eigenvalue weighted by atomic mass is 35.5. The molecule has 3 nitrogen and oxygen atoms in total. The Morgan fingerprint density at radius 3 is 2.95 bits per heavy atom. The average Bonchev–Trinajstić information content (AvgIpc) is 2.45. The Hall–Kier alpha value is -1.22. The zero-order valence-electron chi connectivity index (χ0n) is 11.4. The van der Waals surface area contributed by atoms with Crippen molar-refractivity contribution in [2.75, 3.05) is 12.5 Å². The van der Waals surface area contributed by atoms with Crippen LogP contribution in [-0.2, 0) is 4.79 Å².